The molecule has 0 unspecified atom stereocenters. The third-order valence-corrected chi connectivity index (χ3v) is 3.93. The molecule has 2 aromatic rings. The summed E-state index contributed by atoms with van der Waals surface area (Å²) in [5.74, 6) is 0.847. The Bertz CT molecular complexity index is 584. The van der Waals surface area contributed by atoms with Gasteiger partial charge in [-0.2, -0.15) is 0 Å². The summed E-state index contributed by atoms with van der Waals surface area (Å²) in [6.07, 6.45) is 1.95. The van der Waals surface area contributed by atoms with Crippen LogP contribution in [0.25, 0.3) is 0 Å². The number of rotatable bonds is 8. The first-order valence-corrected chi connectivity index (χ1v) is 8.16. The normalized spacial score (nSPS) is 10.5. The summed E-state index contributed by atoms with van der Waals surface area (Å²) < 4.78 is 11.4. The Balaban J connectivity index is 1.84. The van der Waals surface area contributed by atoms with Gasteiger partial charge in [0.15, 0.2) is 0 Å². The molecule has 3 nitrogen and oxygen atoms in total. The average Bonchev–Trinajstić information content (AvgIpc) is 2.53. The van der Waals surface area contributed by atoms with Gasteiger partial charge in [-0.3, -0.25) is 0 Å². The van der Waals surface area contributed by atoms with Gasteiger partial charge in [-0.25, -0.2) is 0 Å². The maximum Gasteiger partial charge on any atom is 0.122 e. The molecule has 2 aromatic carbocycles. The van der Waals surface area contributed by atoms with Crippen LogP contribution in [0.1, 0.15) is 11.1 Å². The standard InChI is InChI=1S/C18H22BrNO2/c1-21-10-8-15-5-3-14(4-6-15)7-9-20-17-11-16(19)12-18(13-17)22-2/h3-6,11-13,20H,7-10H2,1-2H3. The SMILES string of the molecule is COCCc1ccc(CCNc2cc(Br)cc(OC)c2)cc1. The molecular formula is C18H22BrNO2. The predicted molar refractivity (Wildman–Crippen MR) is 94.9 cm³/mol. The van der Waals surface area contributed by atoms with Gasteiger partial charge in [0.2, 0.25) is 0 Å². The summed E-state index contributed by atoms with van der Waals surface area (Å²) in [4.78, 5) is 0. The molecule has 0 heterocycles. The van der Waals surface area contributed by atoms with Crippen LogP contribution in [-0.2, 0) is 17.6 Å². The lowest BCUT2D eigenvalue weighted by atomic mass is 10.1. The minimum atomic E-state index is 0.769. The Hall–Kier alpha value is -1.52. The van der Waals surface area contributed by atoms with Gasteiger partial charge in [0, 0.05) is 29.9 Å². The second-order valence-electron chi connectivity index (χ2n) is 5.12. The lowest BCUT2D eigenvalue weighted by Gasteiger charge is -2.09. The van der Waals surface area contributed by atoms with E-state index in [9.17, 15) is 0 Å². The van der Waals surface area contributed by atoms with Crippen molar-refractivity contribution in [2.45, 2.75) is 12.8 Å². The Morgan fingerprint density at radius 2 is 1.64 bits per heavy atom. The molecule has 0 saturated carbocycles. The zero-order valence-corrected chi connectivity index (χ0v) is 14.7. The van der Waals surface area contributed by atoms with Crippen molar-refractivity contribution in [2.24, 2.45) is 0 Å². The Morgan fingerprint density at radius 1 is 0.955 bits per heavy atom. The van der Waals surface area contributed by atoms with Crippen molar-refractivity contribution in [2.75, 3.05) is 32.7 Å². The number of hydrogen-bond donors (Lipinski definition) is 1. The van der Waals surface area contributed by atoms with E-state index in [2.05, 4.69) is 51.6 Å². The molecular weight excluding hydrogens is 342 g/mol. The highest BCUT2D eigenvalue weighted by Crippen LogP contribution is 2.24. The van der Waals surface area contributed by atoms with E-state index in [-0.39, 0.29) is 0 Å². The van der Waals surface area contributed by atoms with Crippen molar-refractivity contribution in [3.8, 4) is 5.75 Å². The molecule has 0 fully saturated rings. The van der Waals surface area contributed by atoms with E-state index in [4.69, 9.17) is 9.47 Å². The molecule has 0 amide bonds. The quantitative estimate of drug-likeness (QED) is 0.758. The minimum absolute atomic E-state index is 0.769. The molecule has 1 N–H and O–H groups in total. The van der Waals surface area contributed by atoms with E-state index >= 15 is 0 Å². The van der Waals surface area contributed by atoms with Crippen LogP contribution in [0.15, 0.2) is 46.9 Å². The van der Waals surface area contributed by atoms with Crippen LogP contribution in [0.4, 0.5) is 5.69 Å². The van der Waals surface area contributed by atoms with Crippen LogP contribution >= 0.6 is 15.9 Å². The van der Waals surface area contributed by atoms with Gasteiger partial charge < -0.3 is 14.8 Å². The van der Waals surface area contributed by atoms with Crippen LogP contribution in [0, 0.1) is 0 Å². The van der Waals surface area contributed by atoms with Crippen LogP contribution in [-0.4, -0.2) is 27.4 Å². The van der Waals surface area contributed by atoms with E-state index in [0.29, 0.717) is 0 Å². The van der Waals surface area contributed by atoms with Gasteiger partial charge in [-0.15, -0.1) is 0 Å². The number of hydrogen-bond acceptors (Lipinski definition) is 3. The molecule has 0 atom stereocenters. The van der Waals surface area contributed by atoms with Crippen molar-refractivity contribution < 1.29 is 9.47 Å². The van der Waals surface area contributed by atoms with Crippen molar-refractivity contribution in [3.63, 3.8) is 0 Å². The first kappa shape index (κ1) is 16.8. The average molecular weight is 364 g/mol. The van der Waals surface area contributed by atoms with Crippen molar-refractivity contribution in [3.05, 3.63) is 58.1 Å². The largest absolute Gasteiger partial charge is 0.497 e. The lowest BCUT2D eigenvalue weighted by molar-refractivity contribution is 0.202. The summed E-state index contributed by atoms with van der Waals surface area (Å²) in [6, 6.07) is 14.7. The fourth-order valence-electron chi connectivity index (χ4n) is 2.23. The van der Waals surface area contributed by atoms with E-state index < -0.39 is 0 Å². The van der Waals surface area contributed by atoms with E-state index in [1.54, 1.807) is 14.2 Å². The zero-order valence-electron chi connectivity index (χ0n) is 13.1. The van der Waals surface area contributed by atoms with Gasteiger partial charge >= 0.3 is 0 Å². The highest BCUT2D eigenvalue weighted by Gasteiger charge is 2.00. The maximum absolute atomic E-state index is 5.27. The summed E-state index contributed by atoms with van der Waals surface area (Å²) in [6.45, 7) is 1.66. The maximum atomic E-state index is 5.27. The van der Waals surface area contributed by atoms with E-state index in [0.717, 1.165) is 41.9 Å². The van der Waals surface area contributed by atoms with Gasteiger partial charge in [-0.1, -0.05) is 40.2 Å². The highest BCUT2D eigenvalue weighted by molar-refractivity contribution is 9.10. The first-order chi connectivity index (χ1) is 10.7. The number of halogens is 1. The summed E-state index contributed by atoms with van der Waals surface area (Å²) in [7, 11) is 3.41. The van der Waals surface area contributed by atoms with Crippen molar-refractivity contribution in [1.29, 1.82) is 0 Å². The third kappa shape index (κ3) is 5.35. The predicted octanol–water partition coefficient (Wildman–Crippen LogP) is 4.30. The molecule has 0 aliphatic heterocycles. The molecule has 0 aliphatic rings. The first-order valence-electron chi connectivity index (χ1n) is 7.36. The number of nitrogens with one attached hydrogen (secondary N) is 1. The molecule has 0 radical (unpaired) electrons. The lowest BCUT2D eigenvalue weighted by Crippen LogP contribution is -2.05. The van der Waals surface area contributed by atoms with Crippen molar-refractivity contribution in [1.82, 2.24) is 0 Å². The molecule has 0 spiro atoms. The monoisotopic (exact) mass is 363 g/mol. The summed E-state index contributed by atoms with van der Waals surface area (Å²) in [5, 5.41) is 3.43. The van der Waals surface area contributed by atoms with Gasteiger partial charge in [0.25, 0.3) is 0 Å². The number of anilines is 1. The molecule has 2 rings (SSSR count). The smallest absolute Gasteiger partial charge is 0.122 e. The molecule has 0 aliphatic carbocycles. The van der Waals surface area contributed by atoms with Gasteiger partial charge in [0.1, 0.15) is 5.75 Å². The fourth-order valence-corrected chi connectivity index (χ4v) is 2.70. The molecule has 0 aromatic heterocycles. The van der Waals surface area contributed by atoms with Crippen molar-refractivity contribution >= 4 is 21.6 Å². The molecule has 4 heteroatoms. The molecule has 118 valence electrons. The van der Waals surface area contributed by atoms with Gasteiger partial charge in [-0.05, 0) is 36.1 Å². The number of methoxy groups -OCH3 is 2. The summed E-state index contributed by atoms with van der Waals surface area (Å²) in [5.41, 5.74) is 3.70. The van der Waals surface area contributed by atoms with Crippen LogP contribution in [0.2, 0.25) is 0 Å². The van der Waals surface area contributed by atoms with Crippen LogP contribution in [0.5, 0.6) is 5.75 Å². The van der Waals surface area contributed by atoms with Crippen LogP contribution < -0.4 is 10.1 Å². The topological polar surface area (TPSA) is 30.5 Å². The van der Waals surface area contributed by atoms with Crippen LogP contribution in [0.3, 0.4) is 0 Å². The second kappa shape index (κ2) is 8.81. The minimum Gasteiger partial charge on any atom is -0.497 e. The van der Waals surface area contributed by atoms with Gasteiger partial charge in [0.05, 0.1) is 13.7 Å². The zero-order chi connectivity index (χ0) is 15.8. The Labute approximate surface area is 140 Å². The Kier molecular flexibility index (Phi) is 6.74. The third-order valence-electron chi connectivity index (χ3n) is 3.47. The number of benzene rings is 2. The molecule has 0 saturated heterocycles. The molecule has 0 bridgehead atoms. The Morgan fingerprint density at radius 3 is 2.27 bits per heavy atom. The number of ether oxygens (including phenoxy) is 2. The van der Waals surface area contributed by atoms with E-state index in [1.165, 1.54) is 11.1 Å². The molecule has 22 heavy (non-hydrogen) atoms. The fraction of sp³-hybridized carbons (Fsp3) is 0.333. The summed E-state index contributed by atoms with van der Waals surface area (Å²) >= 11 is 3.49. The van der Waals surface area contributed by atoms with E-state index in [1.807, 2.05) is 12.1 Å². The highest BCUT2D eigenvalue weighted by atomic mass is 79.9. The second-order valence-corrected chi connectivity index (χ2v) is 6.03.